The van der Waals surface area contributed by atoms with Gasteiger partial charge in [-0.15, -0.1) is 0 Å². The number of hydrogen-bond donors (Lipinski definition) is 9. The number of carbonyl (C=O) groups excluding carboxylic acids is 1. The van der Waals surface area contributed by atoms with E-state index in [0.29, 0.717) is 6.07 Å². The summed E-state index contributed by atoms with van der Waals surface area (Å²) < 4.78 is 10.6. The SMILES string of the molecule is O=C1C(OC2OC(C(=O)O)C(O)C(O)C2O)=C(c2ccc(O)c(O)c2)Cc2c(O)c(O)cc(O)c21. The number of ketones is 1. The normalized spacial score (nSPS) is 26.4. The third-order valence-electron chi connectivity index (χ3n) is 5.79. The van der Waals surface area contributed by atoms with Crippen LogP contribution in [0.2, 0.25) is 0 Å². The monoisotopic (exact) mass is 492 g/mol. The zero-order valence-electron chi connectivity index (χ0n) is 17.6. The molecule has 5 atom stereocenters. The van der Waals surface area contributed by atoms with Crippen LogP contribution in [0.25, 0.3) is 5.57 Å². The van der Waals surface area contributed by atoms with Crippen molar-refractivity contribution in [3.8, 4) is 28.7 Å². The van der Waals surface area contributed by atoms with Gasteiger partial charge in [0.1, 0.15) is 24.1 Å². The average molecular weight is 492 g/mol. The number of aliphatic carboxylic acids is 1. The number of carbonyl (C=O) groups is 2. The zero-order chi connectivity index (χ0) is 25.8. The molecule has 0 bridgehead atoms. The topological polar surface area (TPSA) is 235 Å². The van der Waals surface area contributed by atoms with E-state index in [2.05, 4.69) is 0 Å². The Labute approximate surface area is 195 Å². The summed E-state index contributed by atoms with van der Waals surface area (Å²) in [6, 6.07) is 4.11. The van der Waals surface area contributed by atoms with Crippen LogP contribution >= 0.6 is 0 Å². The zero-order valence-corrected chi connectivity index (χ0v) is 17.6. The van der Waals surface area contributed by atoms with E-state index >= 15 is 0 Å². The predicted octanol–water partition coefficient (Wildman–Crippen LogP) is -0.726. The van der Waals surface area contributed by atoms with Crippen molar-refractivity contribution in [2.75, 3.05) is 0 Å². The Hall–Kier alpha value is -4.04. The van der Waals surface area contributed by atoms with Crippen molar-refractivity contribution in [3.05, 3.63) is 46.7 Å². The van der Waals surface area contributed by atoms with Gasteiger partial charge in [-0.25, -0.2) is 4.79 Å². The van der Waals surface area contributed by atoms with Gasteiger partial charge in [-0.2, -0.15) is 0 Å². The highest BCUT2D eigenvalue weighted by atomic mass is 16.7. The van der Waals surface area contributed by atoms with Gasteiger partial charge in [-0.3, -0.25) is 4.79 Å². The molecular weight excluding hydrogens is 472 g/mol. The number of hydrogen-bond acceptors (Lipinski definition) is 12. The number of fused-ring (bicyclic) bond motifs is 1. The molecule has 0 amide bonds. The number of phenols is 5. The van der Waals surface area contributed by atoms with E-state index in [-0.39, 0.29) is 23.1 Å². The number of benzene rings is 2. The largest absolute Gasteiger partial charge is 0.507 e. The fourth-order valence-corrected chi connectivity index (χ4v) is 3.97. The molecule has 35 heavy (non-hydrogen) atoms. The highest BCUT2D eigenvalue weighted by Crippen LogP contribution is 2.46. The second-order valence-corrected chi connectivity index (χ2v) is 7.99. The van der Waals surface area contributed by atoms with E-state index in [4.69, 9.17) is 9.47 Å². The first-order valence-corrected chi connectivity index (χ1v) is 10.1. The molecule has 1 aliphatic heterocycles. The fourth-order valence-electron chi connectivity index (χ4n) is 3.97. The van der Waals surface area contributed by atoms with Crippen molar-refractivity contribution < 1.29 is 65.0 Å². The first-order chi connectivity index (χ1) is 16.4. The molecule has 2 aromatic rings. The lowest BCUT2D eigenvalue weighted by Gasteiger charge is -2.39. The summed E-state index contributed by atoms with van der Waals surface area (Å²) >= 11 is 0. The molecule has 0 spiro atoms. The van der Waals surface area contributed by atoms with Gasteiger partial charge in [0, 0.05) is 23.6 Å². The highest BCUT2D eigenvalue weighted by Gasteiger charge is 2.49. The maximum atomic E-state index is 13.4. The number of aliphatic hydroxyl groups excluding tert-OH is 3. The van der Waals surface area contributed by atoms with E-state index in [1.807, 2.05) is 0 Å². The lowest BCUT2D eigenvalue weighted by molar-refractivity contribution is -0.283. The van der Waals surface area contributed by atoms with Crippen molar-refractivity contribution in [2.45, 2.75) is 37.1 Å². The molecule has 0 radical (unpaired) electrons. The minimum Gasteiger partial charge on any atom is -0.507 e. The van der Waals surface area contributed by atoms with Crippen LogP contribution in [-0.2, 0) is 20.7 Å². The molecule has 5 unspecified atom stereocenters. The van der Waals surface area contributed by atoms with Crippen molar-refractivity contribution >= 4 is 17.3 Å². The van der Waals surface area contributed by atoms with E-state index in [9.17, 15) is 55.5 Å². The molecule has 2 aliphatic rings. The maximum Gasteiger partial charge on any atom is 0.335 e. The first-order valence-electron chi connectivity index (χ1n) is 10.1. The molecular formula is C22H20O13. The molecule has 1 saturated heterocycles. The molecule has 186 valence electrons. The summed E-state index contributed by atoms with van der Waals surface area (Å²) in [6.07, 6.45) is -10.5. The van der Waals surface area contributed by atoms with Gasteiger partial charge in [-0.05, 0) is 17.7 Å². The van der Waals surface area contributed by atoms with Gasteiger partial charge in [0.25, 0.3) is 0 Å². The third-order valence-corrected chi connectivity index (χ3v) is 5.79. The van der Waals surface area contributed by atoms with Crippen molar-refractivity contribution in [2.24, 2.45) is 0 Å². The number of phenolic OH excluding ortho intramolecular Hbond substituents is 5. The summed E-state index contributed by atoms with van der Waals surface area (Å²) in [5, 5.41) is 89.5. The van der Waals surface area contributed by atoms with E-state index in [0.717, 1.165) is 12.1 Å². The van der Waals surface area contributed by atoms with Crippen LogP contribution in [0.4, 0.5) is 0 Å². The quantitative estimate of drug-likeness (QED) is 0.189. The number of allylic oxidation sites excluding steroid dienone is 2. The van der Waals surface area contributed by atoms with Crippen LogP contribution in [-0.4, -0.2) is 88.4 Å². The van der Waals surface area contributed by atoms with Crippen LogP contribution in [0.3, 0.4) is 0 Å². The molecule has 0 aromatic heterocycles. The summed E-state index contributed by atoms with van der Waals surface area (Å²) in [5.41, 5.74) is -0.687. The van der Waals surface area contributed by atoms with Crippen molar-refractivity contribution in [1.82, 2.24) is 0 Å². The molecule has 2 aromatic carbocycles. The summed E-state index contributed by atoms with van der Waals surface area (Å²) in [5.74, 6) is -6.64. The Balaban J connectivity index is 1.86. The Kier molecular flexibility index (Phi) is 5.94. The number of aliphatic hydroxyl groups is 3. The number of carboxylic acids is 1. The van der Waals surface area contributed by atoms with E-state index in [1.165, 1.54) is 6.07 Å². The molecule has 0 saturated carbocycles. The van der Waals surface area contributed by atoms with Gasteiger partial charge < -0.3 is 55.4 Å². The number of ether oxygens (including phenoxy) is 2. The lowest BCUT2D eigenvalue weighted by atomic mass is 9.84. The Bertz CT molecular complexity index is 1250. The fraction of sp³-hybridized carbons (Fsp3) is 0.273. The van der Waals surface area contributed by atoms with Crippen LogP contribution in [0.15, 0.2) is 30.0 Å². The average Bonchev–Trinajstić information content (AvgIpc) is 2.80. The smallest absolute Gasteiger partial charge is 0.335 e. The maximum absolute atomic E-state index is 13.4. The number of aromatic hydroxyl groups is 5. The van der Waals surface area contributed by atoms with E-state index in [1.54, 1.807) is 0 Å². The lowest BCUT2D eigenvalue weighted by Crippen LogP contribution is -2.60. The highest BCUT2D eigenvalue weighted by molar-refractivity contribution is 6.17. The Morgan fingerprint density at radius 1 is 0.886 bits per heavy atom. The molecule has 9 N–H and O–H groups in total. The van der Waals surface area contributed by atoms with Gasteiger partial charge in [0.2, 0.25) is 12.1 Å². The van der Waals surface area contributed by atoms with Gasteiger partial charge in [0.05, 0.1) is 5.56 Å². The van der Waals surface area contributed by atoms with Crippen LogP contribution in [0.1, 0.15) is 21.5 Å². The van der Waals surface area contributed by atoms with Crippen LogP contribution in [0, 0.1) is 0 Å². The standard InChI is InChI=1S/C22H20O13/c23-9-2-1-6(3-10(9)24)7-4-8-13(11(25)5-12(26)14(8)27)15(28)19(7)34-22-18(31)16(29)17(30)20(35-22)21(32)33/h1-3,5,16-18,20,22-27,29-31H,4H2,(H,32,33). The predicted molar refractivity (Wildman–Crippen MR) is 112 cm³/mol. The van der Waals surface area contributed by atoms with E-state index < -0.39 is 82.5 Å². The Morgan fingerprint density at radius 2 is 1.57 bits per heavy atom. The molecule has 13 heteroatoms. The summed E-state index contributed by atoms with van der Waals surface area (Å²) in [4.78, 5) is 24.8. The summed E-state index contributed by atoms with van der Waals surface area (Å²) in [7, 11) is 0. The third kappa shape index (κ3) is 3.95. The van der Waals surface area contributed by atoms with Crippen LogP contribution in [0.5, 0.6) is 28.7 Å². The molecule has 1 fully saturated rings. The van der Waals surface area contributed by atoms with Crippen molar-refractivity contribution in [3.63, 3.8) is 0 Å². The first kappa shape index (κ1) is 24.1. The minimum absolute atomic E-state index is 0.0669. The molecule has 1 aliphatic carbocycles. The number of Topliss-reactive ketones (excluding diaryl/α,β-unsaturated/α-hetero) is 1. The van der Waals surface area contributed by atoms with Gasteiger partial charge in [-0.1, -0.05) is 6.07 Å². The summed E-state index contributed by atoms with van der Waals surface area (Å²) in [6.45, 7) is 0. The molecule has 13 nitrogen and oxygen atoms in total. The Morgan fingerprint density at radius 3 is 2.20 bits per heavy atom. The molecule has 1 heterocycles. The second-order valence-electron chi connectivity index (χ2n) is 7.99. The number of rotatable bonds is 4. The van der Waals surface area contributed by atoms with Gasteiger partial charge in [0.15, 0.2) is 34.9 Å². The van der Waals surface area contributed by atoms with Crippen LogP contribution < -0.4 is 0 Å². The second kappa shape index (κ2) is 8.63. The number of carboxylic acid groups (broad SMARTS) is 1. The van der Waals surface area contributed by atoms with Crippen molar-refractivity contribution in [1.29, 1.82) is 0 Å². The minimum atomic E-state index is -2.03. The van der Waals surface area contributed by atoms with Gasteiger partial charge >= 0.3 is 5.97 Å². The molecule has 4 rings (SSSR count).